The first-order chi connectivity index (χ1) is 8.58. The minimum absolute atomic E-state index is 0.0379. The SMILES string of the molecule is CC(O)C1CCCN(CCN2C(=O)CCC2=O)C1. The highest BCUT2D eigenvalue weighted by molar-refractivity contribution is 6.01. The van der Waals surface area contributed by atoms with Crippen molar-refractivity contribution in [3.63, 3.8) is 0 Å². The van der Waals surface area contributed by atoms with E-state index in [9.17, 15) is 14.7 Å². The predicted octanol–water partition coefficient (Wildman–Crippen LogP) is 0.228. The number of hydrogen-bond acceptors (Lipinski definition) is 4. The van der Waals surface area contributed by atoms with Crippen molar-refractivity contribution in [3.8, 4) is 0 Å². The fourth-order valence-electron chi connectivity index (χ4n) is 2.80. The fourth-order valence-corrected chi connectivity index (χ4v) is 2.80. The second-order valence-corrected chi connectivity index (χ2v) is 5.38. The summed E-state index contributed by atoms with van der Waals surface area (Å²) in [6.45, 7) is 4.94. The fraction of sp³-hybridized carbons (Fsp3) is 0.846. The molecule has 102 valence electrons. The molecular weight excluding hydrogens is 232 g/mol. The van der Waals surface area contributed by atoms with Gasteiger partial charge in [-0.15, -0.1) is 0 Å². The van der Waals surface area contributed by atoms with Crippen LogP contribution >= 0.6 is 0 Å². The van der Waals surface area contributed by atoms with E-state index in [0.717, 1.165) is 32.5 Å². The summed E-state index contributed by atoms with van der Waals surface area (Å²) in [5.74, 6) is 0.247. The molecule has 0 aromatic heterocycles. The molecule has 0 aliphatic carbocycles. The Bertz CT molecular complexity index is 314. The Kier molecular flexibility index (Phi) is 4.35. The van der Waals surface area contributed by atoms with Crippen molar-refractivity contribution in [2.45, 2.75) is 38.7 Å². The molecule has 2 atom stereocenters. The summed E-state index contributed by atoms with van der Waals surface area (Å²) in [5, 5.41) is 9.61. The monoisotopic (exact) mass is 254 g/mol. The summed E-state index contributed by atoms with van der Waals surface area (Å²) in [4.78, 5) is 26.6. The van der Waals surface area contributed by atoms with Crippen LogP contribution in [0.4, 0.5) is 0 Å². The summed E-state index contributed by atoms with van der Waals surface area (Å²) >= 11 is 0. The molecule has 0 saturated carbocycles. The molecule has 18 heavy (non-hydrogen) atoms. The van der Waals surface area contributed by atoms with E-state index in [1.807, 2.05) is 6.92 Å². The first kappa shape index (κ1) is 13.5. The Morgan fingerprint density at radius 3 is 2.56 bits per heavy atom. The maximum Gasteiger partial charge on any atom is 0.229 e. The van der Waals surface area contributed by atoms with E-state index in [2.05, 4.69) is 4.90 Å². The summed E-state index contributed by atoms with van der Waals surface area (Å²) in [7, 11) is 0. The van der Waals surface area contributed by atoms with Gasteiger partial charge in [0.2, 0.25) is 11.8 Å². The van der Waals surface area contributed by atoms with Crippen LogP contribution in [0.25, 0.3) is 0 Å². The van der Waals surface area contributed by atoms with E-state index < -0.39 is 0 Å². The third-order valence-electron chi connectivity index (χ3n) is 4.02. The van der Waals surface area contributed by atoms with E-state index in [1.54, 1.807) is 0 Å². The van der Waals surface area contributed by atoms with Gasteiger partial charge in [-0.25, -0.2) is 0 Å². The number of amides is 2. The van der Waals surface area contributed by atoms with Gasteiger partial charge in [-0.3, -0.25) is 14.5 Å². The molecule has 0 aromatic carbocycles. The third-order valence-corrected chi connectivity index (χ3v) is 4.02. The number of aliphatic hydroxyl groups excluding tert-OH is 1. The Balaban J connectivity index is 1.79. The topological polar surface area (TPSA) is 60.9 Å². The van der Waals surface area contributed by atoms with Crippen molar-refractivity contribution in [2.75, 3.05) is 26.2 Å². The number of imide groups is 1. The molecule has 2 aliphatic rings. The van der Waals surface area contributed by atoms with Gasteiger partial charge in [0, 0.05) is 32.5 Å². The molecule has 2 heterocycles. The van der Waals surface area contributed by atoms with Gasteiger partial charge in [-0.05, 0) is 32.2 Å². The van der Waals surface area contributed by atoms with Crippen LogP contribution in [0.2, 0.25) is 0 Å². The van der Waals surface area contributed by atoms with Gasteiger partial charge in [0.15, 0.2) is 0 Å². The average Bonchev–Trinajstić information content (AvgIpc) is 2.67. The normalized spacial score (nSPS) is 27.9. The average molecular weight is 254 g/mol. The predicted molar refractivity (Wildman–Crippen MR) is 66.8 cm³/mol. The summed E-state index contributed by atoms with van der Waals surface area (Å²) < 4.78 is 0. The largest absolute Gasteiger partial charge is 0.393 e. The summed E-state index contributed by atoms with van der Waals surface area (Å²) in [6.07, 6.45) is 2.61. The number of carbonyl (C=O) groups excluding carboxylic acids is 2. The molecule has 2 rings (SSSR count). The molecule has 2 amide bonds. The van der Waals surface area contributed by atoms with Crippen molar-refractivity contribution in [3.05, 3.63) is 0 Å². The zero-order valence-corrected chi connectivity index (χ0v) is 11.0. The lowest BCUT2D eigenvalue weighted by molar-refractivity contribution is -0.138. The van der Waals surface area contributed by atoms with Crippen LogP contribution in [0.15, 0.2) is 0 Å². The maximum absolute atomic E-state index is 11.5. The first-order valence-corrected chi connectivity index (χ1v) is 6.81. The van der Waals surface area contributed by atoms with Crippen molar-refractivity contribution >= 4 is 11.8 Å². The maximum atomic E-state index is 11.5. The van der Waals surface area contributed by atoms with Crippen LogP contribution in [0.3, 0.4) is 0 Å². The van der Waals surface area contributed by atoms with Crippen LogP contribution in [-0.2, 0) is 9.59 Å². The Morgan fingerprint density at radius 2 is 1.94 bits per heavy atom. The molecular formula is C13H22N2O3. The van der Waals surface area contributed by atoms with Gasteiger partial charge in [-0.2, -0.15) is 0 Å². The van der Waals surface area contributed by atoms with Crippen LogP contribution in [0.5, 0.6) is 0 Å². The number of nitrogens with zero attached hydrogens (tertiary/aromatic N) is 2. The van der Waals surface area contributed by atoms with Crippen LogP contribution in [0.1, 0.15) is 32.6 Å². The van der Waals surface area contributed by atoms with Crippen molar-refractivity contribution < 1.29 is 14.7 Å². The van der Waals surface area contributed by atoms with Crippen molar-refractivity contribution in [1.29, 1.82) is 0 Å². The van der Waals surface area contributed by atoms with Crippen molar-refractivity contribution in [2.24, 2.45) is 5.92 Å². The standard InChI is InChI=1S/C13H22N2O3/c1-10(16)11-3-2-6-14(9-11)7-8-15-12(17)4-5-13(15)18/h10-11,16H,2-9H2,1H3. The van der Waals surface area contributed by atoms with Gasteiger partial charge in [0.1, 0.15) is 0 Å². The lowest BCUT2D eigenvalue weighted by Gasteiger charge is -2.34. The molecule has 0 radical (unpaired) electrons. The van der Waals surface area contributed by atoms with Gasteiger partial charge < -0.3 is 10.0 Å². The zero-order valence-electron chi connectivity index (χ0n) is 11.0. The van der Waals surface area contributed by atoms with Gasteiger partial charge in [0.25, 0.3) is 0 Å². The smallest absolute Gasteiger partial charge is 0.229 e. The Hall–Kier alpha value is -0.940. The minimum atomic E-state index is -0.275. The van der Waals surface area contributed by atoms with E-state index in [-0.39, 0.29) is 17.9 Å². The van der Waals surface area contributed by atoms with Gasteiger partial charge >= 0.3 is 0 Å². The van der Waals surface area contributed by atoms with Gasteiger partial charge in [-0.1, -0.05) is 0 Å². The summed E-state index contributed by atoms with van der Waals surface area (Å²) in [6, 6.07) is 0. The van der Waals surface area contributed by atoms with E-state index in [4.69, 9.17) is 0 Å². The second kappa shape index (κ2) is 5.80. The minimum Gasteiger partial charge on any atom is -0.393 e. The molecule has 1 N–H and O–H groups in total. The van der Waals surface area contributed by atoms with E-state index in [0.29, 0.717) is 25.3 Å². The number of piperidine rings is 1. The molecule has 0 aromatic rings. The Labute approximate surface area is 108 Å². The van der Waals surface area contributed by atoms with Crippen molar-refractivity contribution in [1.82, 2.24) is 9.80 Å². The number of likely N-dealkylation sites (tertiary alicyclic amines) is 2. The van der Waals surface area contributed by atoms with Gasteiger partial charge in [0.05, 0.1) is 6.10 Å². The quantitative estimate of drug-likeness (QED) is 0.730. The lowest BCUT2D eigenvalue weighted by Crippen LogP contribution is -2.44. The lowest BCUT2D eigenvalue weighted by atomic mass is 9.93. The zero-order chi connectivity index (χ0) is 13.1. The number of rotatable bonds is 4. The first-order valence-electron chi connectivity index (χ1n) is 6.81. The third kappa shape index (κ3) is 3.09. The highest BCUT2D eigenvalue weighted by Crippen LogP contribution is 2.20. The number of aliphatic hydroxyl groups is 1. The highest BCUT2D eigenvalue weighted by Gasteiger charge is 2.30. The molecule has 2 saturated heterocycles. The number of hydrogen-bond donors (Lipinski definition) is 1. The molecule has 0 spiro atoms. The van der Waals surface area contributed by atoms with E-state index >= 15 is 0 Å². The molecule has 2 unspecified atom stereocenters. The van der Waals surface area contributed by atoms with Crippen LogP contribution in [0, 0.1) is 5.92 Å². The molecule has 5 nitrogen and oxygen atoms in total. The van der Waals surface area contributed by atoms with Crippen LogP contribution < -0.4 is 0 Å². The second-order valence-electron chi connectivity index (χ2n) is 5.38. The molecule has 0 bridgehead atoms. The molecule has 2 fully saturated rings. The number of carbonyl (C=O) groups is 2. The van der Waals surface area contributed by atoms with Crippen LogP contribution in [-0.4, -0.2) is 59.0 Å². The Morgan fingerprint density at radius 1 is 1.28 bits per heavy atom. The highest BCUT2D eigenvalue weighted by atomic mass is 16.3. The molecule has 2 aliphatic heterocycles. The summed E-state index contributed by atoms with van der Waals surface area (Å²) in [5.41, 5.74) is 0. The van der Waals surface area contributed by atoms with E-state index in [1.165, 1.54) is 4.90 Å². The molecule has 5 heteroatoms.